The third kappa shape index (κ3) is 16.0. The summed E-state index contributed by atoms with van der Waals surface area (Å²) in [6, 6.07) is 30.7. The fraction of sp³-hybridized carbons (Fsp3) is 0.643. The molecular formula is C56H86ClN2O13P. The fourth-order valence-electron chi connectivity index (χ4n) is 10.8. The number of carbonyl (C=O) groups is 2. The van der Waals surface area contributed by atoms with Crippen LogP contribution in [0.4, 0.5) is 0 Å². The van der Waals surface area contributed by atoms with Crippen molar-refractivity contribution in [3.63, 3.8) is 0 Å². The van der Waals surface area contributed by atoms with E-state index in [2.05, 4.69) is 72.8 Å². The van der Waals surface area contributed by atoms with Crippen molar-refractivity contribution in [1.82, 2.24) is 9.80 Å². The zero-order valence-electron chi connectivity index (χ0n) is 44.8. The summed E-state index contributed by atoms with van der Waals surface area (Å²) in [6.07, 6.45) is -6.45. The van der Waals surface area contributed by atoms with Crippen LogP contribution in [0, 0.1) is 17.8 Å². The molecule has 5 N–H and O–H groups in total. The highest BCUT2D eigenvalue weighted by Crippen LogP contribution is 2.55. The molecule has 0 radical (unpaired) electrons. The molecule has 15 nitrogen and oxygen atoms in total. The van der Waals surface area contributed by atoms with E-state index in [0.717, 1.165) is 6.16 Å². The maximum absolute atomic E-state index is 14.2. The fourth-order valence-corrected chi connectivity index (χ4v) is 14.9. The zero-order valence-corrected chi connectivity index (χ0v) is 46.4. The van der Waals surface area contributed by atoms with Crippen molar-refractivity contribution in [1.29, 1.82) is 0 Å². The van der Waals surface area contributed by atoms with Crippen LogP contribution in [-0.4, -0.2) is 180 Å². The Morgan fingerprint density at radius 2 is 1.26 bits per heavy atom. The molecular weight excluding hydrogens is 975 g/mol. The Morgan fingerprint density at radius 3 is 1.75 bits per heavy atom. The number of cyclic esters (lactones) is 1. The second-order valence-electron chi connectivity index (χ2n) is 20.9. The number of aliphatic hydroxyl groups excluding tert-OH is 3. The second-order valence-corrected chi connectivity index (χ2v) is 24.5. The molecule has 17 heteroatoms. The monoisotopic (exact) mass is 1060 g/mol. The van der Waals surface area contributed by atoms with E-state index in [0.29, 0.717) is 26.2 Å². The number of benzene rings is 3. The maximum atomic E-state index is 14.2. The largest absolute Gasteiger partial charge is 1.00 e. The zero-order chi connectivity index (χ0) is 52.8. The summed E-state index contributed by atoms with van der Waals surface area (Å²) in [5.74, 6) is -3.68. The Kier molecular flexibility index (Phi) is 24.7. The van der Waals surface area contributed by atoms with E-state index >= 15 is 0 Å². The Hall–Kier alpha value is -3.12. The summed E-state index contributed by atoms with van der Waals surface area (Å²) in [5, 5.41) is 63.3. The van der Waals surface area contributed by atoms with Gasteiger partial charge in [0.15, 0.2) is 6.29 Å². The van der Waals surface area contributed by atoms with Crippen LogP contribution in [0.15, 0.2) is 91.0 Å². The molecule has 410 valence electrons. The highest BCUT2D eigenvalue weighted by atomic mass is 35.5. The van der Waals surface area contributed by atoms with E-state index in [-0.39, 0.29) is 76.1 Å². The van der Waals surface area contributed by atoms with E-state index in [9.17, 15) is 35.1 Å². The minimum atomic E-state index is -2.01. The first kappa shape index (κ1) is 62.4. The lowest BCUT2D eigenvalue weighted by atomic mass is 9.78. The van der Waals surface area contributed by atoms with Crippen LogP contribution in [0.2, 0.25) is 0 Å². The molecule has 2 aliphatic heterocycles. The van der Waals surface area contributed by atoms with Crippen LogP contribution >= 0.6 is 7.26 Å². The first-order valence-electron chi connectivity index (χ1n) is 25.9. The predicted octanol–water partition coefficient (Wildman–Crippen LogP) is 1.31. The molecule has 2 saturated heterocycles. The lowest BCUT2D eigenvalue weighted by Crippen LogP contribution is -3.00. The number of likely N-dealkylation sites (N-methyl/N-ethyl adjacent to an activating group) is 1. The van der Waals surface area contributed by atoms with Gasteiger partial charge >= 0.3 is 5.97 Å². The number of ether oxygens (including phenoxy) is 6. The summed E-state index contributed by atoms with van der Waals surface area (Å²) < 4.78 is 36.4. The first-order valence-corrected chi connectivity index (χ1v) is 27.9. The highest BCUT2D eigenvalue weighted by Gasteiger charge is 2.51. The number of esters is 1. The van der Waals surface area contributed by atoms with Gasteiger partial charge in [0.2, 0.25) is 5.91 Å². The number of rotatable bonds is 19. The summed E-state index contributed by atoms with van der Waals surface area (Å²) >= 11 is 0. The standard InChI is InChI=1S/C56H86N2O13P.ClH/c1-11-47-56(8,65)51(62)42(6)58(37-38(2)36-55(7,64)52(40(4)49(60)41(5)53(63)70-47)71-54-50(61)46(57(9)10)35-39(3)69-54)48(59)27-28-66-29-30-67-31-32-68-33-34-72(43-21-15-12-16-22-43,44-23-17-13-18-24-44)45-25-19-14-20-26-45;/h12-26,38-42,46-47,49-52,54,60-62,64-65H,11,27-37H2,1-10H3;1H/q+1;/p-1/t38-,39-,40+,41-,42-,46+,47-,49+,50-,51-,52-,54+,55-,56-;/m1./s1. The molecule has 5 rings (SSSR count). The van der Waals surface area contributed by atoms with Gasteiger partial charge in [-0.05, 0) is 110 Å². The second kappa shape index (κ2) is 28.9. The molecule has 0 aromatic heterocycles. The molecule has 2 heterocycles. The van der Waals surface area contributed by atoms with Crippen LogP contribution in [0.25, 0.3) is 0 Å². The number of amides is 1. The quantitative estimate of drug-likeness (QED) is 0.0655. The molecule has 3 aromatic carbocycles. The smallest absolute Gasteiger partial charge is 0.311 e. The number of carbonyl (C=O) groups excluding carboxylic acids is 2. The number of halogens is 1. The van der Waals surface area contributed by atoms with Gasteiger partial charge in [-0.2, -0.15) is 0 Å². The van der Waals surface area contributed by atoms with Crippen LogP contribution in [-0.2, 0) is 38.0 Å². The molecule has 14 atom stereocenters. The molecule has 1 amide bonds. The number of hydrogen-bond donors (Lipinski definition) is 5. The summed E-state index contributed by atoms with van der Waals surface area (Å²) in [5.41, 5.74) is -3.72. The molecule has 2 aliphatic rings. The van der Waals surface area contributed by atoms with E-state index < -0.39 is 85.0 Å². The van der Waals surface area contributed by atoms with Gasteiger partial charge in [0.1, 0.15) is 47.1 Å². The lowest BCUT2D eigenvalue weighted by molar-refractivity contribution is -0.299. The van der Waals surface area contributed by atoms with Crippen molar-refractivity contribution in [3.8, 4) is 0 Å². The van der Waals surface area contributed by atoms with Crippen molar-refractivity contribution < 1.29 is 75.9 Å². The number of nitrogens with zero attached hydrogens (tertiary/aromatic N) is 2. The van der Waals surface area contributed by atoms with Crippen molar-refractivity contribution in [3.05, 3.63) is 91.0 Å². The van der Waals surface area contributed by atoms with E-state index in [1.54, 1.807) is 27.7 Å². The van der Waals surface area contributed by atoms with Gasteiger partial charge in [0, 0.05) is 18.5 Å². The van der Waals surface area contributed by atoms with Crippen molar-refractivity contribution in [2.45, 2.75) is 147 Å². The summed E-state index contributed by atoms with van der Waals surface area (Å²) in [6.45, 7) is 15.1. The molecule has 0 spiro atoms. The van der Waals surface area contributed by atoms with Crippen LogP contribution < -0.4 is 28.3 Å². The van der Waals surface area contributed by atoms with E-state index in [1.807, 2.05) is 51.0 Å². The number of hydrogen-bond acceptors (Lipinski definition) is 14. The van der Waals surface area contributed by atoms with Crippen LogP contribution in [0.5, 0.6) is 0 Å². The average molecular weight is 1060 g/mol. The third-order valence-corrected chi connectivity index (χ3v) is 19.2. The molecule has 0 aliphatic carbocycles. The van der Waals surface area contributed by atoms with Crippen molar-refractivity contribution in [2.24, 2.45) is 17.8 Å². The molecule has 0 bridgehead atoms. The van der Waals surface area contributed by atoms with Crippen molar-refractivity contribution >= 4 is 35.1 Å². The van der Waals surface area contributed by atoms with Crippen LogP contribution in [0.1, 0.15) is 81.1 Å². The normalized spacial score (nSPS) is 32.0. The summed E-state index contributed by atoms with van der Waals surface area (Å²) in [7, 11) is 1.69. The molecule has 0 unspecified atom stereocenters. The molecule has 0 saturated carbocycles. The highest BCUT2D eigenvalue weighted by molar-refractivity contribution is 7.95. The topological polar surface area (TPSA) is 197 Å². The molecule has 2 fully saturated rings. The Labute approximate surface area is 441 Å². The van der Waals surface area contributed by atoms with Gasteiger partial charge < -0.3 is 76.2 Å². The molecule has 73 heavy (non-hydrogen) atoms. The van der Waals surface area contributed by atoms with Gasteiger partial charge in [-0.3, -0.25) is 9.59 Å². The Morgan fingerprint density at radius 1 is 0.767 bits per heavy atom. The molecule has 3 aromatic rings. The van der Waals surface area contributed by atoms with Gasteiger partial charge in [0.25, 0.3) is 0 Å². The summed E-state index contributed by atoms with van der Waals surface area (Å²) in [4.78, 5) is 31.3. The van der Waals surface area contributed by atoms with Crippen molar-refractivity contribution in [2.75, 3.05) is 66.4 Å². The Bertz CT molecular complexity index is 1980. The third-order valence-electron chi connectivity index (χ3n) is 14.9. The van der Waals surface area contributed by atoms with E-state index in [4.69, 9.17) is 28.4 Å². The van der Waals surface area contributed by atoms with Crippen LogP contribution in [0.3, 0.4) is 0 Å². The van der Waals surface area contributed by atoms with E-state index in [1.165, 1.54) is 34.7 Å². The average Bonchev–Trinajstić information content (AvgIpc) is 3.36. The maximum Gasteiger partial charge on any atom is 0.311 e. The lowest BCUT2D eigenvalue weighted by Gasteiger charge is -2.46. The Balaban J connectivity index is 0.0000116. The van der Waals surface area contributed by atoms with Gasteiger partial charge in [0.05, 0.1) is 88.1 Å². The SMILES string of the molecule is CC[C@H]1OC(=O)[C@H](C)[C@@H](O)[C@H](C)[C@@H](O[C@@H]2O[C@H](C)C[C@H](N(C)C)[C@H]2O)[C@](C)(O)C[C@@H](C)CN(C(=O)CCOCCOCCOCC[P+](c2ccccc2)(c2ccccc2)c2ccccc2)[C@H](C)[C@@H](O)[C@]1(C)O.[Cl-]. The van der Waals surface area contributed by atoms with Gasteiger partial charge in [-0.25, -0.2) is 0 Å². The first-order chi connectivity index (χ1) is 34.2. The minimum Gasteiger partial charge on any atom is -1.00 e. The minimum absolute atomic E-state index is 0. The van der Waals surface area contributed by atoms with Gasteiger partial charge in [-0.1, -0.05) is 75.4 Å². The van der Waals surface area contributed by atoms with Gasteiger partial charge in [-0.15, -0.1) is 0 Å². The predicted molar refractivity (Wildman–Crippen MR) is 281 cm³/mol. The number of aliphatic hydroxyl groups is 5.